The Morgan fingerprint density at radius 3 is 2.40 bits per heavy atom. The molecule has 30 heavy (non-hydrogen) atoms. The van der Waals surface area contributed by atoms with Crippen LogP contribution in [0.15, 0.2) is 18.2 Å². The number of amides is 1. The molecule has 2 aliphatic heterocycles. The van der Waals surface area contributed by atoms with Crippen LogP contribution in [0, 0.1) is 16.0 Å². The first-order chi connectivity index (χ1) is 14.4. The Bertz CT molecular complexity index is 828. The molecule has 0 atom stereocenters. The number of benzene rings is 1. The van der Waals surface area contributed by atoms with E-state index >= 15 is 0 Å². The van der Waals surface area contributed by atoms with Gasteiger partial charge in [-0.15, -0.1) is 0 Å². The lowest BCUT2D eigenvalue weighted by atomic mass is 9.97. The second kappa shape index (κ2) is 9.55. The predicted molar refractivity (Wildman–Crippen MR) is 106 cm³/mol. The molecule has 1 aromatic carbocycles. The number of esters is 2. The Kier molecular flexibility index (Phi) is 6.86. The van der Waals surface area contributed by atoms with Crippen molar-refractivity contribution in [1.82, 2.24) is 4.90 Å². The molecule has 3 rings (SSSR count). The number of piperidine rings is 1. The van der Waals surface area contributed by atoms with Crippen molar-refractivity contribution in [3.63, 3.8) is 0 Å². The average Bonchev–Trinajstić information content (AvgIpc) is 3.31. The van der Waals surface area contributed by atoms with Gasteiger partial charge in [-0.25, -0.2) is 4.79 Å². The van der Waals surface area contributed by atoms with Gasteiger partial charge in [0.1, 0.15) is 5.69 Å². The Hall–Kier alpha value is -3.17. The normalized spacial score (nSPS) is 17.0. The summed E-state index contributed by atoms with van der Waals surface area (Å²) in [5.74, 6) is -1.66. The van der Waals surface area contributed by atoms with Gasteiger partial charge in [-0.3, -0.25) is 19.7 Å². The van der Waals surface area contributed by atoms with E-state index in [9.17, 15) is 24.5 Å². The summed E-state index contributed by atoms with van der Waals surface area (Å²) >= 11 is 0. The molecule has 1 amide bonds. The number of nitro groups is 1. The number of likely N-dealkylation sites (tertiary alicyclic amines) is 1. The fraction of sp³-hybridized carbons (Fsp3) is 0.550. The number of nitro benzene ring substituents is 1. The molecule has 0 aliphatic carbocycles. The van der Waals surface area contributed by atoms with Crippen molar-refractivity contribution in [3.8, 4) is 0 Å². The van der Waals surface area contributed by atoms with Gasteiger partial charge in [-0.1, -0.05) is 0 Å². The van der Waals surface area contributed by atoms with Crippen molar-refractivity contribution >= 4 is 29.2 Å². The minimum absolute atomic E-state index is 0.0295. The van der Waals surface area contributed by atoms with Crippen molar-refractivity contribution in [1.29, 1.82) is 0 Å². The Morgan fingerprint density at radius 1 is 1.13 bits per heavy atom. The van der Waals surface area contributed by atoms with Gasteiger partial charge in [0.2, 0.25) is 0 Å². The molecule has 0 radical (unpaired) electrons. The third-order valence-electron chi connectivity index (χ3n) is 5.56. The second-order valence-corrected chi connectivity index (χ2v) is 7.41. The molecule has 2 aliphatic rings. The number of hydrogen-bond donors (Lipinski definition) is 0. The van der Waals surface area contributed by atoms with Crippen LogP contribution in [0.1, 0.15) is 36.0 Å². The first-order valence-corrected chi connectivity index (χ1v) is 9.97. The number of carbonyl (C=O) groups excluding carboxylic acids is 3. The van der Waals surface area contributed by atoms with Gasteiger partial charge in [-0.2, -0.15) is 0 Å². The summed E-state index contributed by atoms with van der Waals surface area (Å²) in [5, 5.41) is 11.5. The van der Waals surface area contributed by atoms with Crippen molar-refractivity contribution in [2.75, 3.05) is 44.8 Å². The molecule has 0 N–H and O–H groups in total. The first kappa shape index (κ1) is 21.5. The molecule has 162 valence electrons. The molecule has 0 spiro atoms. The summed E-state index contributed by atoms with van der Waals surface area (Å²) < 4.78 is 9.80. The van der Waals surface area contributed by atoms with Crippen LogP contribution in [0.4, 0.5) is 11.4 Å². The number of methoxy groups -OCH3 is 1. The van der Waals surface area contributed by atoms with Crippen LogP contribution in [0.3, 0.4) is 0 Å². The lowest BCUT2D eigenvalue weighted by Gasteiger charge is -2.30. The van der Waals surface area contributed by atoms with E-state index in [0.717, 1.165) is 25.9 Å². The Morgan fingerprint density at radius 2 is 1.80 bits per heavy atom. The maximum absolute atomic E-state index is 12.3. The largest absolute Gasteiger partial charge is 0.469 e. The molecule has 0 unspecified atom stereocenters. The van der Waals surface area contributed by atoms with Gasteiger partial charge < -0.3 is 19.3 Å². The highest BCUT2D eigenvalue weighted by molar-refractivity contribution is 5.93. The van der Waals surface area contributed by atoms with Crippen LogP contribution in [-0.2, 0) is 19.1 Å². The zero-order chi connectivity index (χ0) is 21.7. The topological polar surface area (TPSA) is 119 Å². The highest BCUT2D eigenvalue weighted by atomic mass is 16.6. The van der Waals surface area contributed by atoms with Crippen molar-refractivity contribution in [2.24, 2.45) is 5.92 Å². The van der Waals surface area contributed by atoms with Crippen LogP contribution in [0.2, 0.25) is 0 Å². The van der Waals surface area contributed by atoms with Crippen LogP contribution in [-0.4, -0.2) is 67.6 Å². The van der Waals surface area contributed by atoms with Gasteiger partial charge in [0, 0.05) is 32.2 Å². The number of nitrogens with zero attached hydrogens (tertiary/aromatic N) is 3. The molecule has 0 aromatic heterocycles. The Balaban J connectivity index is 1.57. The van der Waals surface area contributed by atoms with E-state index in [-0.39, 0.29) is 29.0 Å². The minimum atomic E-state index is -0.788. The molecule has 2 fully saturated rings. The van der Waals surface area contributed by atoms with E-state index < -0.39 is 17.5 Å². The van der Waals surface area contributed by atoms with Crippen LogP contribution in [0.5, 0.6) is 0 Å². The maximum atomic E-state index is 12.3. The quantitative estimate of drug-likeness (QED) is 0.389. The van der Waals surface area contributed by atoms with Crippen molar-refractivity contribution in [2.45, 2.75) is 25.7 Å². The summed E-state index contributed by atoms with van der Waals surface area (Å²) in [7, 11) is 1.33. The van der Waals surface area contributed by atoms with Gasteiger partial charge in [0.15, 0.2) is 6.61 Å². The zero-order valence-corrected chi connectivity index (χ0v) is 16.9. The highest BCUT2D eigenvalue weighted by Crippen LogP contribution is 2.31. The maximum Gasteiger partial charge on any atom is 0.338 e. The van der Waals surface area contributed by atoms with Crippen LogP contribution in [0.25, 0.3) is 0 Å². The van der Waals surface area contributed by atoms with Gasteiger partial charge >= 0.3 is 11.9 Å². The summed E-state index contributed by atoms with van der Waals surface area (Å²) in [6.07, 6.45) is 2.94. The summed E-state index contributed by atoms with van der Waals surface area (Å²) in [4.78, 5) is 50.6. The van der Waals surface area contributed by atoms with E-state index in [1.165, 1.54) is 24.1 Å². The van der Waals surface area contributed by atoms with Gasteiger partial charge in [-0.05, 0) is 37.8 Å². The van der Waals surface area contributed by atoms with Crippen molar-refractivity contribution < 1.29 is 28.8 Å². The van der Waals surface area contributed by atoms with Gasteiger partial charge in [0.25, 0.3) is 11.6 Å². The first-order valence-electron chi connectivity index (χ1n) is 9.97. The standard InChI is InChI=1S/C20H25N3O7/c1-29-19(25)14-6-10-22(11-7-14)18(24)13-30-20(26)15-4-5-16(17(12-15)23(27)28)21-8-2-3-9-21/h4-5,12,14H,2-3,6-11,13H2,1H3. The summed E-state index contributed by atoms with van der Waals surface area (Å²) in [6, 6.07) is 4.23. The molecule has 2 heterocycles. The van der Waals surface area contributed by atoms with Crippen molar-refractivity contribution in [3.05, 3.63) is 33.9 Å². The average molecular weight is 419 g/mol. The molecule has 2 saturated heterocycles. The molecule has 1 aromatic rings. The van der Waals surface area contributed by atoms with Crippen LogP contribution >= 0.6 is 0 Å². The summed E-state index contributed by atoms with van der Waals surface area (Å²) in [6.45, 7) is 1.79. The summed E-state index contributed by atoms with van der Waals surface area (Å²) in [5.41, 5.74) is 0.364. The highest BCUT2D eigenvalue weighted by Gasteiger charge is 2.29. The molecular formula is C20H25N3O7. The SMILES string of the molecule is COC(=O)C1CCN(C(=O)COC(=O)c2ccc(N3CCCC3)c([N+](=O)[O-])c2)CC1. The number of carbonyl (C=O) groups is 3. The van der Waals surface area contributed by atoms with Crippen LogP contribution < -0.4 is 4.90 Å². The predicted octanol–water partition coefficient (Wildman–Crippen LogP) is 1.76. The molecule has 0 bridgehead atoms. The van der Waals surface area contributed by atoms with E-state index in [1.54, 1.807) is 6.07 Å². The zero-order valence-electron chi connectivity index (χ0n) is 16.9. The number of rotatable bonds is 6. The fourth-order valence-corrected chi connectivity index (χ4v) is 3.86. The third-order valence-corrected chi connectivity index (χ3v) is 5.56. The third kappa shape index (κ3) is 4.87. The number of ether oxygens (including phenoxy) is 2. The lowest BCUT2D eigenvalue weighted by Crippen LogP contribution is -2.42. The molecule has 0 saturated carbocycles. The fourth-order valence-electron chi connectivity index (χ4n) is 3.86. The van der Waals surface area contributed by atoms with E-state index in [0.29, 0.717) is 31.6 Å². The Labute approximate surface area is 173 Å². The minimum Gasteiger partial charge on any atom is -0.469 e. The second-order valence-electron chi connectivity index (χ2n) is 7.41. The van der Waals surface area contributed by atoms with E-state index in [1.807, 2.05) is 4.90 Å². The molecular weight excluding hydrogens is 394 g/mol. The van der Waals surface area contributed by atoms with E-state index in [2.05, 4.69) is 0 Å². The van der Waals surface area contributed by atoms with Gasteiger partial charge in [0.05, 0.1) is 23.5 Å². The number of anilines is 1. The van der Waals surface area contributed by atoms with E-state index in [4.69, 9.17) is 9.47 Å². The number of hydrogen-bond acceptors (Lipinski definition) is 8. The lowest BCUT2D eigenvalue weighted by molar-refractivity contribution is -0.384. The molecule has 10 heteroatoms. The molecule has 10 nitrogen and oxygen atoms in total. The monoisotopic (exact) mass is 419 g/mol. The smallest absolute Gasteiger partial charge is 0.338 e.